The zero-order chi connectivity index (χ0) is 12.7. The Balaban J connectivity index is 2.24. The number of rotatable bonds is 1. The Bertz CT molecular complexity index is 421. The Labute approximate surface area is 99.4 Å². The van der Waals surface area contributed by atoms with Crippen molar-refractivity contribution in [3.63, 3.8) is 0 Å². The minimum atomic E-state index is -2.59. The SMILES string of the molecule is Cc1ccc(C2(N)CCC(F)(F)CC2)cc1O. The van der Waals surface area contributed by atoms with Crippen LogP contribution in [0.15, 0.2) is 18.2 Å². The molecule has 0 aliphatic heterocycles. The third-order valence-electron chi connectivity index (χ3n) is 3.66. The Kier molecular flexibility index (Phi) is 2.86. The molecular formula is C13H17F2NO. The summed E-state index contributed by atoms with van der Waals surface area (Å²) in [6, 6.07) is 5.18. The van der Waals surface area contributed by atoms with E-state index in [0.717, 1.165) is 11.1 Å². The number of phenols is 1. The van der Waals surface area contributed by atoms with Crippen molar-refractivity contribution in [2.45, 2.75) is 44.1 Å². The first-order chi connectivity index (χ1) is 7.82. The highest BCUT2D eigenvalue weighted by Gasteiger charge is 2.42. The lowest BCUT2D eigenvalue weighted by Gasteiger charge is -2.37. The topological polar surface area (TPSA) is 46.2 Å². The molecule has 1 aromatic carbocycles. The van der Waals surface area contributed by atoms with Gasteiger partial charge in [0, 0.05) is 18.4 Å². The van der Waals surface area contributed by atoms with Crippen LogP contribution in [0.2, 0.25) is 0 Å². The molecule has 1 fully saturated rings. The number of aromatic hydroxyl groups is 1. The fourth-order valence-electron chi connectivity index (χ4n) is 2.27. The van der Waals surface area contributed by atoms with Gasteiger partial charge in [0.1, 0.15) is 5.75 Å². The summed E-state index contributed by atoms with van der Waals surface area (Å²) in [7, 11) is 0. The van der Waals surface area contributed by atoms with Crippen LogP contribution in [0.25, 0.3) is 0 Å². The molecule has 2 rings (SSSR count). The fourth-order valence-corrected chi connectivity index (χ4v) is 2.27. The molecule has 17 heavy (non-hydrogen) atoms. The molecule has 0 radical (unpaired) electrons. The lowest BCUT2D eigenvalue weighted by Crippen LogP contribution is -2.43. The summed E-state index contributed by atoms with van der Waals surface area (Å²) in [5, 5.41) is 9.64. The van der Waals surface area contributed by atoms with Gasteiger partial charge in [-0.05, 0) is 37.0 Å². The van der Waals surface area contributed by atoms with Crippen molar-refractivity contribution in [3.05, 3.63) is 29.3 Å². The van der Waals surface area contributed by atoms with Gasteiger partial charge >= 0.3 is 0 Å². The summed E-state index contributed by atoms with van der Waals surface area (Å²) in [5.41, 5.74) is 6.96. The molecular weight excluding hydrogens is 224 g/mol. The Morgan fingerprint density at radius 3 is 2.29 bits per heavy atom. The molecule has 0 atom stereocenters. The van der Waals surface area contributed by atoms with Gasteiger partial charge in [0.05, 0.1) is 0 Å². The smallest absolute Gasteiger partial charge is 0.248 e. The van der Waals surface area contributed by atoms with Crippen LogP contribution < -0.4 is 5.73 Å². The number of halogens is 2. The maximum absolute atomic E-state index is 13.1. The van der Waals surface area contributed by atoms with Crippen LogP contribution in [-0.2, 0) is 5.54 Å². The third-order valence-corrected chi connectivity index (χ3v) is 3.66. The van der Waals surface area contributed by atoms with Gasteiger partial charge in [0.15, 0.2) is 0 Å². The highest BCUT2D eigenvalue weighted by molar-refractivity contribution is 5.38. The molecule has 4 heteroatoms. The van der Waals surface area contributed by atoms with Gasteiger partial charge in [-0.1, -0.05) is 12.1 Å². The minimum absolute atomic E-state index is 0.171. The second-order valence-corrected chi connectivity index (χ2v) is 5.01. The Morgan fingerprint density at radius 2 is 1.76 bits per heavy atom. The summed E-state index contributed by atoms with van der Waals surface area (Å²) >= 11 is 0. The molecule has 1 aliphatic rings. The molecule has 1 aromatic rings. The number of phenolic OH excluding ortho intramolecular Hbond substituents is 1. The summed E-state index contributed by atoms with van der Waals surface area (Å²) in [6.07, 6.45) is 0.140. The first-order valence-electron chi connectivity index (χ1n) is 5.79. The quantitative estimate of drug-likeness (QED) is 0.793. The highest BCUT2D eigenvalue weighted by Crippen LogP contribution is 2.42. The predicted molar refractivity (Wildman–Crippen MR) is 62.1 cm³/mol. The summed E-state index contributed by atoms with van der Waals surface area (Å²) in [6.45, 7) is 1.79. The fraction of sp³-hybridized carbons (Fsp3) is 0.538. The van der Waals surface area contributed by atoms with E-state index in [4.69, 9.17) is 5.73 Å². The normalized spacial score (nSPS) is 22.4. The van der Waals surface area contributed by atoms with E-state index in [1.165, 1.54) is 0 Å². The molecule has 0 spiro atoms. The number of nitrogens with two attached hydrogens (primary N) is 1. The third kappa shape index (κ3) is 2.41. The van der Waals surface area contributed by atoms with Crippen LogP contribution in [-0.4, -0.2) is 11.0 Å². The second-order valence-electron chi connectivity index (χ2n) is 5.01. The van der Waals surface area contributed by atoms with Crippen molar-refractivity contribution >= 4 is 0 Å². The predicted octanol–water partition coefficient (Wildman–Crippen LogP) is 3.06. The van der Waals surface area contributed by atoms with E-state index in [9.17, 15) is 13.9 Å². The molecule has 1 saturated carbocycles. The van der Waals surface area contributed by atoms with Gasteiger partial charge < -0.3 is 10.8 Å². The summed E-state index contributed by atoms with van der Waals surface area (Å²) < 4.78 is 26.2. The van der Waals surface area contributed by atoms with Crippen LogP contribution in [0.5, 0.6) is 5.75 Å². The van der Waals surface area contributed by atoms with Crippen molar-refractivity contribution in [2.24, 2.45) is 5.73 Å². The van der Waals surface area contributed by atoms with Crippen molar-refractivity contribution in [1.82, 2.24) is 0 Å². The average molecular weight is 241 g/mol. The minimum Gasteiger partial charge on any atom is -0.508 e. The van der Waals surface area contributed by atoms with E-state index in [1.54, 1.807) is 19.1 Å². The molecule has 3 N–H and O–H groups in total. The molecule has 0 amide bonds. The number of hydrogen-bond acceptors (Lipinski definition) is 2. The lowest BCUT2D eigenvalue weighted by atomic mass is 9.76. The number of hydrogen-bond donors (Lipinski definition) is 2. The number of alkyl halides is 2. The number of aryl methyl sites for hydroxylation is 1. The zero-order valence-electron chi connectivity index (χ0n) is 9.84. The van der Waals surface area contributed by atoms with Crippen LogP contribution in [0.4, 0.5) is 8.78 Å². The largest absolute Gasteiger partial charge is 0.508 e. The lowest BCUT2D eigenvalue weighted by molar-refractivity contribution is -0.0514. The van der Waals surface area contributed by atoms with Crippen molar-refractivity contribution < 1.29 is 13.9 Å². The number of benzene rings is 1. The van der Waals surface area contributed by atoms with Gasteiger partial charge in [-0.2, -0.15) is 0 Å². The monoisotopic (exact) mass is 241 g/mol. The molecule has 0 aromatic heterocycles. The van der Waals surface area contributed by atoms with E-state index >= 15 is 0 Å². The van der Waals surface area contributed by atoms with Crippen molar-refractivity contribution in [2.75, 3.05) is 0 Å². The molecule has 0 bridgehead atoms. The van der Waals surface area contributed by atoms with Gasteiger partial charge in [-0.3, -0.25) is 0 Å². The summed E-state index contributed by atoms with van der Waals surface area (Å²) in [5.74, 6) is -2.42. The van der Waals surface area contributed by atoms with Gasteiger partial charge in [0.2, 0.25) is 5.92 Å². The molecule has 0 unspecified atom stereocenters. The molecule has 0 saturated heterocycles. The van der Waals surface area contributed by atoms with Gasteiger partial charge in [-0.15, -0.1) is 0 Å². The molecule has 0 heterocycles. The van der Waals surface area contributed by atoms with Crippen molar-refractivity contribution in [1.29, 1.82) is 0 Å². The maximum atomic E-state index is 13.1. The molecule has 2 nitrogen and oxygen atoms in total. The van der Waals surface area contributed by atoms with Crippen molar-refractivity contribution in [3.8, 4) is 5.75 Å². The van der Waals surface area contributed by atoms with Crippen LogP contribution in [0, 0.1) is 6.92 Å². The maximum Gasteiger partial charge on any atom is 0.248 e. The van der Waals surface area contributed by atoms with E-state index in [0.29, 0.717) is 0 Å². The zero-order valence-corrected chi connectivity index (χ0v) is 9.84. The van der Waals surface area contributed by atoms with E-state index < -0.39 is 11.5 Å². The average Bonchev–Trinajstić information content (AvgIpc) is 2.27. The van der Waals surface area contributed by atoms with E-state index in [1.807, 2.05) is 6.07 Å². The van der Waals surface area contributed by atoms with Crippen LogP contribution in [0.1, 0.15) is 36.8 Å². The highest BCUT2D eigenvalue weighted by atomic mass is 19.3. The summed E-state index contributed by atoms with van der Waals surface area (Å²) in [4.78, 5) is 0. The standard InChI is InChI=1S/C13H17F2NO/c1-9-2-3-10(8-11(9)17)12(16)4-6-13(14,15)7-5-12/h2-3,8,17H,4-7,16H2,1H3. The van der Waals surface area contributed by atoms with Gasteiger partial charge in [0.25, 0.3) is 0 Å². The van der Waals surface area contributed by atoms with E-state index in [2.05, 4.69) is 0 Å². The van der Waals surface area contributed by atoms with Crippen LogP contribution in [0.3, 0.4) is 0 Å². The molecule has 1 aliphatic carbocycles. The second kappa shape index (κ2) is 3.95. The first kappa shape index (κ1) is 12.3. The van der Waals surface area contributed by atoms with Gasteiger partial charge in [-0.25, -0.2) is 8.78 Å². The van der Waals surface area contributed by atoms with E-state index in [-0.39, 0.29) is 31.4 Å². The van der Waals surface area contributed by atoms with Crippen LogP contribution >= 0.6 is 0 Å². The Hall–Kier alpha value is -1.16. The molecule has 94 valence electrons. The Morgan fingerprint density at radius 1 is 1.18 bits per heavy atom. The first-order valence-corrected chi connectivity index (χ1v) is 5.79.